The minimum Gasteiger partial charge on any atom is -0.497 e. The molecule has 0 N–H and O–H groups in total. The molecule has 5 rings (SSSR count). The zero-order valence-electron chi connectivity index (χ0n) is 16.0. The van der Waals surface area contributed by atoms with Crippen molar-refractivity contribution in [3.63, 3.8) is 0 Å². The van der Waals surface area contributed by atoms with Gasteiger partial charge in [0.25, 0.3) is 5.56 Å². The molecule has 5 heteroatoms. The van der Waals surface area contributed by atoms with E-state index < -0.39 is 0 Å². The van der Waals surface area contributed by atoms with Crippen LogP contribution in [0.15, 0.2) is 58.7 Å². The van der Waals surface area contributed by atoms with E-state index >= 15 is 0 Å². The highest BCUT2D eigenvalue weighted by Gasteiger charge is 2.36. The number of nitrogens with zero attached hydrogens (tertiary/aromatic N) is 2. The SMILES string of the molecule is COc1ccc(CN2C[C@H]3C[C@H](C2)c2c(-c4cccs4)ccc(=O)n2C3)cc1. The average Bonchev–Trinajstić information content (AvgIpc) is 3.24. The van der Waals surface area contributed by atoms with Crippen molar-refractivity contribution in [3.8, 4) is 16.2 Å². The van der Waals surface area contributed by atoms with Crippen molar-refractivity contribution in [2.45, 2.75) is 25.4 Å². The summed E-state index contributed by atoms with van der Waals surface area (Å²) in [7, 11) is 1.70. The van der Waals surface area contributed by atoms with Gasteiger partial charge in [0.2, 0.25) is 0 Å². The topological polar surface area (TPSA) is 34.5 Å². The van der Waals surface area contributed by atoms with E-state index in [-0.39, 0.29) is 5.56 Å². The standard InChI is InChI=1S/C23H24N2O2S/c1-27-19-6-4-16(5-7-19)12-24-13-17-11-18(15-24)23-20(21-3-2-10-28-21)8-9-22(26)25(23)14-17/h2-10,17-18H,11-15H2,1H3/t17-,18-/m1/s1. The van der Waals surface area contributed by atoms with Crippen LogP contribution in [0.25, 0.3) is 10.4 Å². The Balaban J connectivity index is 1.45. The first kappa shape index (κ1) is 17.7. The van der Waals surface area contributed by atoms with Crippen LogP contribution in [-0.2, 0) is 13.1 Å². The van der Waals surface area contributed by atoms with Crippen molar-refractivity contribution in [1.82, 2.24) is 9.47 Å². The Kier molecular flexibility index (Phi) is 4.57. The second-order valence-corrected chi connectivity index (χ2v) is 8.85. The third kappa shape index (κ3) is 3.19. The minimum absolute atomic E-state index is 0.147. The fraction of sp³-hybridized carbons (Fsp3) is 0.348. The van der Waals surface area contributed by atoms with E-state index in [0.29, 0.717) is 11.8 Å². The molecular formula is C23H24N2O2S. The number of aromatic nitrogens is 1. The van der Waals surface area contributed by atoms with Crippen LogP contribution >= 0.6 is 11.3 Å². The fourth-order valence-corrected chi connectivity index (χ4v) is 5.63. The maximum absolute atomic E-state index is 12.6. The second-order valence-electron chi connectivity index (χ2n) is 7.90. The summed E-state index contributed by atoms with van der Waals surface area (Å²) < 4.78 is 7.33. The second kappa shape index (κ2) is 7.22. The highest BCUT2D eigenvalue weighted by Crippen LogP contribution is 2.41. The molecule has 4 heterocycles. The van der Waals surface area contributed by atoms with E-state index in [9.17, 15) is 4.79 Å². The number of thiophene rings is 1. The number of hydrogen-bond acceptors (Lipinski definition) is 4. The van der Waals surface area contributed by atoms with Gasteiger partial charge in [-0.1, -0.05) is 18.2 Å². The Bertz CT molecular complexity index is 1020. The summed E-state index contributed by atoms with van der Waals surface area (Å²) in [6.07, 6.45) is 1.18. The highest BCUT2D eigenvalue weighted by atomic mass is 32.1. The van der Waals surface area contributed by atoms with Crippen molar-refractivity contribution in [3.05, 3.63) is 75.5 Å². The van der Waals surface area contributed by atoms with Crippen LogP contribution in [0, 0.1) is 5.92 Å². The molecule has 0 amide bonds. The van der Waals surface area contributed by atoms with Gasteiger partial charge in [0, 0.05) is 54.3 Å². The van der Waals surface area contributed by atoms with Gasteiger partial charge in [-0.15, -0.1) is 11.3 Å². The third-order valence-corrected chi connectivity index (χ3v) is 6.92. The minimum atomic E-state index is 0.147. The summed E-state index contributed by atoms with van der Waals surface area (Å²) >= 11 is 1.75. The number of rotatable bonds is 4. The number of fused-ring (bicyclic) bond motifs is 4. The van der Waals surface area contributed by atoms with Gasteiger partial charge in [-0.2, -0.15) is 0 Å². The predicted octanol–water partition coefficient (Wildman–Crippen LogP) is 4.20. The van der Waals surface area contributed by atoms with Crippen molar-refractivity contribution in [2.24, 2.45) is 5.92 Å². The van der Waals surface area contributed by atoms with Crippen molar-refractivity contribution < 1.29 is 4.74 Å². The normalized spacial score (nSPS) is 21.3. The largest absolute Gasteiger partial charge is 0.497 e. The number of benzene rings is 1. The number of piperidine rings is 1. The molecule has 1 aromatic carbocycles. The first-order valence-electron chi connectivity index (χ1n) is 9.84. The number of pyridine rings is 1. The molecule has 4 nitrogen and oxygen atoms in total. The zero-order chi connectivity index (χ0) is 19.1. The summed E-state index contributed by atoms with van der Waals surface area (Å²) in [4.78, 5) is 16.4. The fourth-order valence-electron chi connectivity index (χ4n) is 4.87. The summed E-state index contributed by atoms with van der Waals surface area (Å²) in [5, 5.41) is 2.11. The van der Waals surface area contributed by atoms with E-state index in [4.69, 9.17) is 4.74 Å². The molecule has 0 unspecified atom stereocenters. The molecule has 0 spiro atoms. The Morgan fingerprint density at radius 3 is 2.68 bits per heavy atom. The molecule has 2 bridgehead atoms. The Morgan fingerprint density at radius 1 is 1.07 bits per heavy atom. The molecule has 2 aromatic heterocycles. The molecular weight excluding hydrogens is 368 g/mol. The van der Waals surface area contributed by atoms with Gasteiger partial charge in [0.05, 0.1) is 7.11 Å². The van der Waals surface area contributed by atoms with Crippen LogP contribution in [0.4, 0.5) is 0 Å². The third-order valence-electron chi connectivity index (χ3n) is 6.02. The zero-order valence-corrected chi connectivity index (χ0v) is 16.8. The first-order chi connectivity index (χ1) is 13.7. The lowest BCUT2D eigenvalue weighted by Gasteiger charge is -2.43. The molecule has 2 aliphatic rings. The van der Waals surface area contributed by atoms with E-state index in [1.165, 1.54) is 28.1 Å². The van der Waals surface area contributed by atoms with Gasteiger partial charge in [-0.25, -0.2) is 0 Å². The lowest BCUT2D eigenvalue weighted by Crippen LogP contribution is -2.47. The molecule has 2 atom stereocenters. The van der Waals surface area contributed by atoms with Crippen molar-refractivity contribution in [2.75, 3.05) is 20.2 Å². The van der Waals surface area contributed by atoms with Gasteiger partial charge >= 0.3 is 0 Å². The monoisotopic (exact) mass is 392 g/mol. The van der Waals surface area contributed by atoms with Crippen LogP contribution in [0.1, 0.15) is 23.6 Å². The molecule has 0 aliphatic carbocycles. The molecule has 1 saturated heterocycles. The van der Waals surface area contributed by atoms with E-state index in [0.717, 1.165) is 31.9 Å². The Morgan fingerprint density at radius 2 is 1.93 bits per heavy atom. The first-order valence-corrected chi connectivity index (χ1v) is 10.7. The van der Waals surface area contributed by atoms with Crippen LogP contribution < -0.4 is 10.3 Å². The molecule has 1 fully saturated rings. The van der Waals surface area contributed by atoms with Crippen LogP contribution in [-0.4, -0.2) is 29.7 Å². The summed E-state index contributed by atoms with van der Waals surface area (Å²) in [6, 6.07) is 16.4. The Hall–Kier alpha value is -2.37. The van der Waals surface area contributed by atoms with E-state index in [1.807, 2.05) is 18.2 Å². The highest BCUT2D eigenvalue weighted by molar-refractivity contribution is 7.13. The number of likely N-dealkylation sites (tertiary alicyclic amines) is 1. The van der Waals surface area contributed by atoms with E-state index in [1.54, 1.807) is 24.5 Å². The lowest BCUT2D eigenvalue weighted by atomic mass is 9.81. The van der Waals surface area contributed by atoms with Crippen LogP contribution in [0.2, 0.25) is 0 Å². The number of methoxy groups -OCH3 is 1. The van der Waals surface area contributed by atoms with Gasteiger partial charge in [-0.05, 0) is 47.5 Å². The van der Waals surface area contributed by atoms with Crippen molar-refractivity contribution in [1.29, 1.82) is 0 Å². The molecule has 28 heavy (non-hydrogen) atoms. The molecule has 144 valence electrons. The quantitative estimate of drug-likeness (QED) is 0.667. The van der Waals surface area contributed by atoms with Gasteiger partial charge in [0.15, 0.2) is 0 Å². The Labute approximate surface area is 169 Å². The summed E-state index contributed by atoms with van der Waals surface area (Å²) in [5.41, 5.74) is 3.94. The maximum Gasteiger partial charge on any atom is 0.250 e. The smallest absolute Gasteiger partial charge is 0.250 e. The molecule has 0 saturated carbocycles. The predicted molar refractivity (Wildman–Crippen MR) is 113 cm³/mol. The van der Waals surface area contributed by atoms with Gasteiger partial charge in [0.1, 0.15) is 5.75 Å². The molecule has 0 radical (unpaired) electrons. The molecule has 3 aromatic rings. The number of ether oxygens (including phenoxy) is 1. The molecule has 2 aliphatic heterocycles. The van der Waals surface area contributed by atoms with Gasteiger partial charge in [-0.3, -0.25) is 9.69 Å². The average molecular weight is 393 g/mol. The van der Waals surface area contributed by atoms with Gasteiger partial charge < -0.3 is 9.30 Å². The van der Waals surface area contributed by atoms with E-state index in [2.05, 4.69) is 39.1 Å². The van der Waals surface area contributed by atoms with Crippen molar-refractivity contribution >= 4 is 11.3 Å². The number of hydrogen-bond donors (Lipinski definition) is 0. The maximum atomic E-state index is 12.6. The van der Waals surface area contributed by atoms with Crippen LogP contribution in [0.3, 0.4) is 0 Å². The lowest BCUT2D eigenvalue weighted by molar-refractivity contribution is 0.115. The summed E-state index contributed by atoms with van der Waals surface area (Å²) in [5.74, 6) is 1.85. The summed E-state index contributed by atoms with van der Waals surface area (Å²) in [6.45, 7) is 3.84. The van der Waals surface area contributed by atoms with Crippen LogP contribution in [0.5, 0.6) is 5.75 Å².